The number of anilines is 1. The molecule has 0 bridgehead atoms. The van der Waals surface area contributed by atoms with Gasteiger partial charge >= 0.3 is 0 Å². The predicted octanol–water partition coefficient (Wildman–Crippen LogP) is 2.05. The Morgan fingerprint density at radius 2 is 1.95 bits per heavy atom. The lowest BCUT2D eigenvalue weighted by Gasteiger charge is -2.12. The highest BCUT2D eigenvalue weighted by Gasteiger charge is 2.29. The van der Waals surface area contributed by atoms with E-state index in [1.165, 1.54) is 0 Å². The van der Waals surface area contributed by atoms with Crippen LogP contribution >= 0.6 is 0 Å². The normalized spacial score (nSPS) is 17.2. The van der Waals surface area contributed by atoms with E-state index in [-0.39, 0.29) is 11.9 Å². The number of hydrogen-bond acceptors (Lipinski definition) is 4. The summed E-state index contributed by atoms with van der Waals surface area (Å²) in [5.74, 6) is 0.622. The van der Waals surface area contributed by atoms with E-state index in [4.69, 9.17) is 0 Å². The molecule has 2 N–H and O–H groups in total. The lowest BCUT2D eigenvalue weighted by molar-refractivity contribution is 0.164. The number of aliphatic hydroxyl groups excluding tert-OH is 1. The molecule has 0 spiro atoms. The molecule has 1 saturated carbocycles. The Morgan fingerprint density at radius 3 is 2.47 bits per heavy atom. The van der Waals surface area contributed by atoms with Crippen LogP contribution in [0.5, 0.6) is 0 Å². The average molecular weight is 283 g/mol. The van der Waals surface area contributed by atoms with E-state index in [0.29, 0.717) is 23.8 Å². The van der Waals surface area contributed by atoms with Gasteiger partial charge in [0.2, 0.25) is 0 Å². The number of benzene rings is 1. The molecule has 1 aromatic rings. The molecule has 106 valence electrons. The van der Waals surface area contributed by atoms with Gasteiger partial charge in [-0.15, -0.1) is 0 Å². The molecule has 0 saturated heterocycles. The van der Waals surface area contributed by atoms with Gasteiger partial charge in [-0.25, -0.2) is 8.42 Å². The summed E-state index contributed by atoms with van der Waals surface area (Å²) in [5, 5.41) is 12.9. The van der Waals surface area contributed by atoms with Crippen molar-refractivity contribution in [3.63, 3.8) is 0 Å². The number of aliphatic hydroxyl groups is 1. The number of rotatable bonds is 7. The smallest absolute Gasteiger partial charge is 0.178 e. The maximum absolute atomic E-state index is 11.8. The van der Waals surface area contributed by atoms with Crippen molar-refractivity contribution in [3.8, 4) is 0 Å². The first-order valence-electron chi connectivity index (χ1n) is 6.77. The van der Waals surface area contributed by atoms with E-state index in [2.05, 4.69) is 5.32 Å². The monoisotopic (exact) mass is 283 g/mol. The van der Waals surface area contributed by atoms with E-state index in [0.717, 1.165) is 18.5 Å². The molecule has 0 heterocycles. The Labute approximate surface area is 114 Å². The molecule has 4 nitrogen and oxygen atoms in total. The summed E-state index contributed by atoms with van der Waals surface area (Å²) in [6, 6.07) is 6.75. The van der Waals surface area contributed by atoms with Crippen LogP contribution < -0.4 is 5.32 Å². The Balaban J connectivity index is 1.94. The van der Waals surface area contributed by atoms with Crippen LogP contribution in [0.25, 0.3) is 0 Å². The van der Waals surface area contributed by atoms with Crippen molar-refractivity contribution in [1.29, 1.82) is 0 Å². The summed E-state index contributed by atoms with van der Waals surface area (Å²) < 4.78 is 23.7. The molecule has 5 heteroatoms. The standard InChI is InChI=1S/C14H21NO3S/c1-2-9-19(17,18)13-7-5-12(6-8-13)15-10-14(16)11-3-4-11/h5-8,11,14-16H,2-4,9-10H2,1H3. The number of nitrogens with one attached hydrogen (secondary N) is 1. The van der Waals surface area contributed by atoms with E-state index in [1.54, 1.807) is 24.3 Å². The van der Waals surface area contributed by atoms with Crippen molar-refractivity contribution in [1.82, 2.24) is 0 Å². The molecule has 0 aromatic heterocycles. The molecular formula is C14H21NO3S. The Kier molecular flexibility index (Phi) is 4.47. The van der Waals surface area contributed by atoms with Crippen molar-refractivity contribution in [2.75, 3.05) is 17.6 Å². The fraction of sp³-hybridized carbons (Fsp3) is 0.571. The first kappa shape index (κ1) is 14.3. The molecule has 0 amide bonds. The lowest BCUT2D eigenvalue weighted by atomic mass is 10.2. The molecular weight excluding hydrogens is 262 g/mol. The number of hydrogen-bond donors (Lipinski definition) is 2. The zero-order chi connectivity index (χ0) is 13.9. The van der Waals surface area contributed by atoms with Crippen LogP contribution in [0.1, 0.15) is 26.2 Å². The number of sulfone groups is 1. The van der Waals surface area contributed by atoms with Gasteiger partial charge in [0, 0.05) is 12.2 Å². The molecule has 1 atom stereocenters. The first-order chi connectivity index (χ1) is 9.03. The highest BCUT2D eigenvalue weighted by molar-refractivity contribution is 7.91. The topological polar surface area (TPSA) is 66.4 Å². The molecule has 19 heavy (non-hydrogen) atoms. The summed E-state index contributed by atoms with van der Waals surface area (Å²) in [6.07, 6.45) is 2.53. The van der Waals surface area contributed by atoms with Gasteiger partial charge in [-0.3, -0.25) is 0 Å². The summed E-state index contributed by atoms with van der Waals surface area (Å²) in [6.45, 7) is 2.37. The largest absolute Gasteiger partial charge is 0.391 e. The van der Waals surface area contributed by atoms with Crippen LogP contribution in [-0.2, 0) is 9.84 Å². The minimum absolute atomic E-state index is 0.181. The van der Waals surface area contributed by atoms with Crippen LogP contribution in [0, 0.1) is 5.92 Å². The van der Waals surface area contributed by atoms with Gasteiger partial charge in [-0.1, -0.05) is 6.92 Å². The molecule has 0 radical (unpaired) electrons. The third-order valence-corrected chi connectivity index (χ3v) is 5.30. The predicted molar refractivity (Wildman–Crippen MR) is 76.0 cm³/mol. The maximum Gasteiger partial charge on any atom is 0.178 e. The van der Waals surface area contributed by atoms with Crippen molar-refractivity contribution < 1.29 is 13.5 Å². The van der Waals surface area contributed by atoms with E-state index < -0.39 is 9.84 Å². The van der Waals surface area contributed by atoms with Gasteiger partial charge in [0.1, 0.15) is 0 Å². The van der Waals surface area contributed by atoms with Crippen molar-refractivity contribution >= 4 is 15.5 Å². The van der Waals surface area contributed by atoms with Crippen LogP contribution in [0.3, 0.4) is 0 Å². The van der Waals surface area contributed by atoms with Crippen molar-refractivity contribution in [3.05, 3.63) is 24.3 Å². The third kappa shape index (κ3) is 3.94. The van der Waals surface area contributed by atoms with Gasteiger partial charge in [0.15, 0.2) is 9.84 Å². The average Bonchev–Trinajstić information content (AvgIpc) is 3.20. The van der Waals surface area contributed by atoms with Crippen LogP contribution in [0.15, 0.2) is 29.2 Å². The van der Waals surface area contributed by atoms with Gasteiger partial charge < -0.3 is 10.4 Å². The molecule has 2 rings (SSSR count). The van der Waals surface area contributed by atoms with Crippen LogP contribution in [0.4, 0.5) is 5.69 Å². The van der Waals surface area contributed by atoms with Gasteiger partial charge in [-0.05, 0) is 49.4 Å². The Bertz CT molecular complexity index is 506. The second kappa shape index (κ2) is 5.92. The summed E-state index contributed by atoms with van der Waals surface area (Å²) in [4.78, 5) is 0.364. The molecule has 1 unspecified atom stereocenters. The molecule has 1 aliphatic carbocycles. The second-order valence-corrected chi connectivity index (χ2v) is 7.24. The fourth-order valence-electron chi connectivity index (χ4n) is 2.04. The van der Waals surface area contributed by atoms with Crippen molar-refractivity contribution in [2.24, 2.45) is 5.92 Å². The summed E-state index contributed by atoms with van der Waals surface area (Å²) in [5.41, 5.74) is 0.843. The minimum atomic E-state index is -3.14. The molecule has 1 fully saturated rings. The quantitative estimate of drug-likeness (QED) is 0.804. The second-order valence-electron chi connectivity index (χ2n) is 5.13. The van der Waals surface area contributed by atoms with Crippen LogP contribution in [0.2, 0.25) is 0 Å². The maximum atomic E-state index is 11.8. The Hall–Kier alpha value is -1.07. The molecule has 1 aromatic carbocycles. The summed E-state index contributed by atoms with van der Waals surface area (Å²) >= 11 is 0. The zero-order valence-corrected chi connectivity index (χ0v) is 12.0. The van der Waals surface area contributed by atoms with Gasteiger partial charge in [-0.2, -0.15) is 0 Å². The van der Waals surface area contributed by atoms with Gasteiger partial charge in [0.25, 0.3) is 0 Å². The van der Waals surface area contributed by atoms with E-state index >= 15 is 0 Å². The SMILES string of the molecule is CCCS(=O)(=O)c1ccc(NCC(O)C2CC2)cc1. The highest BCUT2D eigenvalue weighted by atomic mass is 32.2. The fourth-order valence-corrected chi connectivity index (χ4v) is 3.36. The van der Waals surface area contributed by atoms with Gasteiger partial charge in [0.05, 0.1) is 16.8 Å². The highest BCUT2D eigenvalue weighted by Crippen LogP contribution is 2.32. The molecule has 0 aliphatic heterocycles. The third-order valence-electron chi connectivity index (χ3n) is 3.37. The van der Waals surface area contributed by atoms with Crippen molar-refractivity contribution in [2.45, 2.75) is 37.2 Å². The zero-order valence-electron chi connectivity index (χ0n) is 11.2. The van der Waals surface area contributed by atoms with E-state index in [1.807, 2.05) is 6.92 Å². The molecule has 1 aliphatic rings. The summed E-state index contributed by atoms with van der Waals surface area (Å²) in [7, 11) is -3.14. The minimum Gasteiger partial charge on any atom is -0.391 e. The first-order valence-corrected chi connectivity index (χ1v) is 8.43. The van der Waals surface area contributed by atoms with E-state index in [9.17, 15) is 13.5 Å². The Morgan fingerprint density at radius 1 is 1.32 bits per heavy atom. The lowest BCUT2D eigenvalue weighted by Crippen LogP contribution is -2.21. The van der Waals surface area contributed by atoms with Crippen LogP contribution in [-0.4, -0.2) is 31.9 Å².